The Hall–Kier alpha value is -0.920. The quantitative estimate of drug-likeness (QED) is 0.728. The summed E-state index contributed by atoms with van der Waals surface area (Å²) < 4.78 is 26.7. The van der Waals surface area contributed by atoms with Crippen molar-refractivity contribution in [1.82, 2.24) is 14.9 Å². The highest BCUT2D eigenvalue weighted by molar-refractivity contribution is 7.89. The van der Waals surface area contributed by atoms with E-state index in [1.165, 1.54) is 12.4 Å². The molecule has 1 heterocycles. The Morgan fingerprint density at radius 3 is 2.65 bits per heavy atom. The topological polar surface area (TPSA) is 95.1 Å². The molecule has 1 saturated carbocycles. The number of hydrogen-bond acceptors (Lipinski definition) is 4. The lowest BCUT2D eigenvalue weighted by atomic mass is 9.83. The van der Waals surface area contributed by atoms with E-state index in [1.807, 2.05) is 0 Å². The third-order valence-corrected chi connectivity index (χ3v) is 4.79. The number of nitrogens with one attached hydrogen (secondary N) is 2. The van der Waals surface area contributed by atoms with Crippen molar-refractivity contribution in [2.24, 2.45) is 0 Å². The molecule has 0 amide bonds. The van der Waals surface area contributed by atoms with Crippen LogP contribution in [-0.2, 0) is 10.0 Å². The first-order valence-electron chi connectivity index (χ1n) is 5.72. The summed E-state index contributed by atoms with van der Waals surface area (Å²) in [4.78, 5) is 0.107. The Morgan fingerprint density at radius 2 is 2.12 bits per heavy atom. The largest absolute Gasteiger partial charge is 0.394 e. The van der Waals surface area contributed by atoms with Crippen LogP contribution in [0.4, 0.5) is 0 Å². The number of H-pyrrole nitrogens is 1. The van der Waals surface area contributed by atoms with Gasteiger partial charge >= 0.3 is 0 Å². The average Bonchev–Trinajstić information content (AvgIpc) is 2.84. The van der Waals surface area contributed by atoms with Crippen LogP contribution < -0.4 is 4.72 Å². The third kappa shape index (κ3) is 2.67. The van der Waals surface area contributed by atoms with Crippen molar-refractivity contribution < 1.29 is 13.5 Å². The number of rotatable bonds is 4. The average molecular weight is 259 g/mol. The van der Waals surface area contributed by atoms with Crippen LogP contribution in [0.1, 0.15) is 32.1 Å². The van der Waals surface area contributed by atoms with Crippen molar-refractivity contribution in [3.05, 3.63) is 12.4 Å². The van der Waals surface area contributed by atoms with Gasteiger partial charge in [0.2, 0.25) is 10.0 Å². The van der Waals surface area contributed by atoms with E-state index in [1.54, 1.807) is 0 Å². The van der Waals surface area contributed by atoms with E-state index in [0.29, 0.717) is 12.8 Å². The summed E-state index contributed by atoms with van der Waals surface area (Å²) in [6.07, 6.45) is 6.92. The first-order chi connectivity index (χ1) is 8.08. The molecule has 0 radical (unpaired) electrons. The Bertz CT molecular complexity index is 449. The van der Waals surface area contributed by atoms with Crippen LogP contribution >= 0.6 is 0 Å². The molecule has 0 aliphatic heterocycles. The van der Waals surface area contributed by atoms with Gasteiger partial charge in [0.25, 0.3) is 0 Å². The maximum absolute atomic E-state index is 12.0. The number of sulfonamides is 1. The number of aliphatic hydroxyl groups excluding tert-OH is 1. The van der Waals surface area contributed by atoms with Gasteiger partial charge in [-0.05, 0) is 12.8 Å². The standard InChI is InChI=1S/C10H17N3O3S/c14-8-10(4-2-1-3-5-10)13-17(15,16)9-6-11-12-7-9/h6-7,13-14H,1-5,8H2,(H,11,12). The van der Waals surface area contributed by atoms with Gasteiger partial charge in [0.05, 0.1) is 18.3 Å². The Labute approximate surface area is 100 Å². The summed E-state index contributed by atoms with van der Waals surface area (Å²) in [7, 11) is -3.59. The highest BCUT2D eigenvalue weighted by atomic mass is 32.2. The second-order valence-corrected chi connectivity index (χ2v) is 6.22. The lowest BCUT2D eigenvalue weighted by Gasteiger charge is -2.35. The third-order valence-electron chi connectivity index (χ3n) is 3.25. The molecule has 0 unspecified atom stereocenters. The molecule has 3 N–H and O–H groups in total. The molecule has 1 aromatic rings. The molecule has 0 aromatic carbocycles. The number of aromatic amines is 1. The van der Waals surface area contributed by atoms with Gasteiger partial charge in [-0.2, -0.15) is 5.10 Å². The fourth-order valence-electron chi connectivity index (χ4n) is 2.25. The lowest BCUT2D eigenvalue weighted by Crippen LogP contribution is -2.52. The predicted octanol–water partition coefficient (Wildman–Crippen LogP) is 0.383. The molecule has 0 saturated heterocycles. The zero-order valence-electron chi connectivity index (χ0n) is 9.52. The Balaban J connectivity index is 2.19. The van der Waals surface area contributed by atoms with E-state index in [0.717, 1.165) is 19.3 Å². The number of aromatic nitrogens is 2. The summed E-state index contributed by atoms with van der Waals surface area (Å²) in [5.74, 6) is 0. The summed E-state index contributed by atoms with van der Waals surface area (Å²) in [6, 6.07) is 0. The number of nitrogens with zero attached hydrogens (tertiary/aromatic N) is 1. The summed E-state index contributed by atoms with van der Waals surface area (Å²) in [5, 5.41) is 15.5. The number of aliphatic hydroxyl groups is 1. The monoisotopic (exact) mass is 259 g/mol. The molecule has 0 bridgehead atoms. The molecule has 1 aliphatic carbocycles. The van der Waals surface area contributed by atoms with Crippen molar-refractivity contribution in [3.63, 3.8) is 0 Å². The van der Waals surface area contributed by atoms with Gasteiger partial charge in [0, 0.05) is 6.20 Å². The van der Waals surface area contributed by atoms with Gasteiger partial charge in [0.15, 0.2) is 0 Å². The Morgan fingerprint density at radius 1 is 1.41 bits per heavy atom. The second kappa shape index (κ2) is 4.75. The SMILES string of the molecule is O=S(=O)(NC1(CO)CCCCC1)c1cn[nH]c1. The number of hydrogen-bond donors (Lipinski definition) is 3. The van der Waals surface area contributed by atoms with Crippen LogP contribution in [-0.4, -0.2) is 35.9 Å². The minimum absolute atomic E-state index is 0.107. The van der Waals surface area contributed by atoms with Gasteiger partial charge in [-0.25, -0.2) is 13.1 Å². The molecule has 6 nitrogen and oxygen atoms in total. The fourth-order valence-corrected chi connectivity index (χ4v) is 3.61. The molecule has 0 spiro atoms. The summed E-state index contributed by atoms with van der Waals surface area (Å²) >= 11 is 0. The second-order valence-electron chi connectivity index (χ2n) is 4.54. The van der Waals surface area contributed by atoms with Gasteiger partial charge < -0.3 is 5.11 Å². The maximum Gasteiger partial charge on any atom is 0.244 e. The molecule has 1 fully saturated rings. The van der Waals surface area contributed by atoms with Crippen LogP contribution in [0.15, 0.2) is 17.3 Å². The molecule has 2 rings (SSSR count). The van der Waals surface area contributed by atoms with Crippen molar-refractivity contribution in [1.29, 1.82) is 0 Å². The van der Waals surface area contributed by atoms with E-state index < -0.39 is 15.6 Å². The first kappa shape index (κ1) is 12.5. The van der Waals surface area contributed by atoms with Crippen LogP contribution in [0, 0.1) is 0 Å². The van der Waals surface area contributed by atoms with Crippen molar-refractivity contribution in [3.8, 4) is 0 Å². The van der Waals surface area contributed by atoms with Crippen molar-refractivity contribution >= 4 is 10.0 Å². The minimum Gasteiger partial charge on any atom is -0.394 e. The zero-order chi connectivity index (χ0) is 12.4. The minimum atomic E-state index is -3.59. The zero-order valence-corrected chi connectivity index (χ0v) is 10.3. The molecule has 1 aliphatic rings. The molecule has 17 heavy (non-hydrogen) atoms. The van der Waals surface area contributed by atoms with Gasteiger partial charge in [-0.15, -0.1) is 0 Å². The normalized spacial score (nSPS) is 20.3. The van der Waals surface area contributed by atoms with E-state index in [4.69, 9.17) is 0 Å². The smallest absolute Gasteiger partial charge is 0.244 e. The Kier molecular flexibility index (Phi) is 3.50. The van der Waals surface area contributed by atoms with Gasteiger partial charge in [-0.1, -0.05) is 19.3 Å². The van der Waals surface area contributed by atoms with Gasteiger partial charge in [0.1, 0.15) is 4.90 Å². The fraction of sp³-hybridized carbons (Fsp3) is 0.700. The maximum atomic E-state index is 12.0. The molecule has 7 heteroatoms. The molecule has 1 aromatic heterocycles. The van der Waals surface area contributed by atoms with Crippen molar-refractivity contribution in [2.75, 3.05) is 6.61 Å². The summed E-state index contributed by atoms with van der Waals surface area (Å²) in [6.45, 7) is -0.163. The van der Waals surface area contributed by atoms with Crippen LogP contribution in [0.5, 0.6) is 0 Å². The van der Waals surface area contributed by atoms with Crippen LogP contribution in [0.25, 0.3) is 0 Å². The van der Waals surface area contributed by atoms with Gasteiger partial charge in [-0.3, -0.25) is 5.10 Å². The van der Waals surface area contributed by atoms with Crippen LogP contribution in [0.2, 0.25) is 0 Å². The van der Waals surface area contributed by atoms with Crippen LogP contribution in [0.3, 0.4) is 0 Å². The molecular weight excluding hydrogens is 242 g/mol. The first-order valence-corrected chi connectivity index (χ1v) is 7.20. The molecule has 0 atom stereocenters. The highest BCUT2D eigenvalue weighted by Crippen LogP contribution is 2.29. The van der Waals surface area contributed by atoms with E-state index >= 15 is 0 Å². The molecule has 96 valence electrons. The van der Waals surface area contributed by atoms with E-state index in [2.05, 4.69) is 14.9 Å². The van der Waals surface area contributed by atoms with E-state index in [-0.39, 0.29) is 11.5 Å². The molecular formula is C10H17N3O3S. The lowest BCUT2D eigenvalue weighted by molar-refractivity contribution is 0.142. The van der Waals surface area contributed by atoms with Crippen molar-refractivity contribution in [2.45, 2.75) is 42.5 Å². The van der Waals surface area contributed by atoms with E-state index in [9.17, 15) is 13.5 Å². The predicted molar refractivity (Wildman–Crippen MR) is 61.8 cm³/mol. The highest BCUT2D eigenvalue weighted by Gasteiger charge is 2.36. The summed E-state index contributed by atoms with van der Waals surface area (Å²) in [5.41, 5.74) is -0.700.